The SMILES string of the molecule is CC(=O)OC(=O)[C@@H]1CC[C@@H]2[C@H]3CCC4=CC(=O)CC[C@]4(C)[C@@H]3CC[C@]21C. The molecule has 4 heteroatoms. The van der Waals surface area contributed by atoms with Crippen LogP contribution in [-0.4, -0.2) is 17.7 Å². The van der Waals surface area contributed by atoms with Crippen LogP contribution in [0.15, 0.2) is 11.6 Å². The van der Waals surface area contributed by atoms with Crippen LogP contribution >= 0.6 is 0 Å². The molecule has 4 aliphatic carbocycles. The summed E-state index contributed by atoms with van der Waals surface area (Å²) in [5, 5.41) is 0. The van der Waals surface area contributed by atoms with Crippen molar-refractivity contribution in [3.05, 3.63) is 11.6 Å². The Morgan fingerprint density at radius 1 is 1.04 bits per heavy atom. The molecule has 0 aromatic carbocycles. The molecule has 142 valence electrons. The molecule has 6 atom stereocenters. The van der Waals surface area contributed by atoms with Gasteiger partial charge in [-0.1, -0.05) is 19.4 Å². The van der Waals surface area contributed by atoms with Crippen molar-refractivity contribution >= 4 is 17.7 Å². The number of carbonyl (C=O) groups is 3. The molecule has 0 N–H and O–H groups in total. The Bertz CT molecular complexity index is 692. The molecule has 0 bridgehead atoms. The van der Waals surface area contributed by atoms with E-state index in [4.69, 9.17) is 4.74 Å². The van der Waals surface area contributed by atoms with Gasteiger partial charge in [0.05, 0.1) is 5.92 Å². The zero-order valence-electron chi connectivity index (χ0n) is 16.2. The predicted octanol–water partition coefficient (Wildman–Crippen LogP) is 4.22. The molecular weight excluding hydrogens is 328 g/mol. The number of ketones is 1. The van der Waals surface area contributed by atoms with Crippen molar-refractivity contribution in [1.29, 1.82) is 0 Å². The molecule has 0 aliphatic heterocycles. The molecule has 0 aromatic heterocycles. The first-order chi connectivity index (χ1) is 12.3. The van der Waals surface area contributed by atoms with E-state index in [0.717, 1.165) is 44.9 Å². The fraction of sp³-hybridized carbons (Fsp3) is 0.773. The largest absolute Gasteiger partial charge is 0.393 e. The van der Waals surface area contributed by atoms with Crippen molar-refractivity contribution in [2.24, 2.45) is 34.5 Å². The first-order valence-corrected chi connectivity index (χ1v) is 10.2. The van der Waals surface area contributed by atoms with Crippen molar-refractivity contribution in [3.8, 4) is 0 Å². The monoisotopic (exact) mass is 358 g/mol. The van der Waals surface area contributed by atoms with Crippen molar-refractivity contribution in [3.63, 3.8) is 0 Å². The molecule has 0 amide bonds. The van der Waals surface area contributed by atoms with E-state index >= 15 is 0 Å². The van der Waals surface area contributed by atoms with Gasteiger partial charge in [-0.2, -0.15) is 0 Å². The summed E-state index contributed by atoms with van der Waals surface area (Å²) in [4.78, 5) is 35.7. The molecule has 26 heavy (non-hydrogen) atoms. The Hall–Kier alpha value is -1.45. The second kappa shape index (κ2) is 6.03. The number of hydrogen-bond donors (Lipinski definition) is 0. The molecule has 0 saturated heterocycles. The Kier molecular flexibility index (Phi) is 4.16. The van der Waals surface area contributed by atoms with Crippen molar-refractivity contribution in [2.75, 3.05) is 0 Å². The maximum absolute atomic E-state index is 12.5. The van der Waals surface area contributed by atoms with Crippen molar-refractivity contribution in [2.45, 2.75) is 72.1 Å². The highest BCUT2D eigenvalue weighted by molar-refractivity contribution is 5.91. The van der Waals surface area contributed by atoms with Crippen molar-refractivity contribution < 1.29 is 19.1 Å². The highest BCUT2D eigenvalue weighted by Gasteiger charge is 2.60. The first kappa shape index (κ1) is 17.9. The minimum Gasteiger partial charge on any atom is -0.393 e. The molecule has 0 spiro atoms. The lowest BCUT2D eigenvalue weighted by atomic mass is 9.47. The van der Waals surface area contributed by atoms with E-state index in [1.165, 1.54) is 12.5 Å². The topological polar surface area (TPSA) is 60.4 Å². The normalized spacial score (nSPS) is 44.4. The maximum Gasteiger partial charge on any atom is 0.317 e. The maximum atomic E-state index is 12.5. The van der Waals surface area contributed by atoms with Gasteiger partial charge >= 0.3 is 11.9 Å². The standard InChI is InChI=1S/C22H30O4/c1-13(23)26-20(25)19-7-6-17-16-5-4-14-12-15(24)8-10-21(14,2)18(16)9-11-22(17,19)3/h12,16-19H,4-11H2,1-3H3/t16-,17-,18-,19+,21+,22-/m1/s1. The van der Waals surface area contributed by atoms with E-state index in [-0.39, 0.29) is 22.7 Å². The van der Waals surface area contributed by atoms with Crippen LogP contribution < -0.4 is 0 Å². The van der Waals surface area contributed by atoms with Crippen LogP contribution in [0.5, 0.6) is 0 Å². The van der Waals surface area contributed by atoms with E-state index < -0.39 is 5.97 Å². The van der Waals surface area contributed by atoms with E-state index in [2.05, 4.69) is 13.8 Å². The second-order valence-electron chi connectivity index (χ2n) is 9.56. The third kappa shape index (κ3) is 2.51. The summed E-state index contributed by atoms with van der Waals surface area (Å²) in [5.41, 5.74) is 1.50. The van der Waals surface area contributed by atoms with Gasteiger partial charge < -0.3 is 4.74 Å². The molecule has 4 aliphatic rings. The number of carbonyl (C=O) groups excluding carboxylic acids is 3. The van der Waals surface area contributed by atoms with Gasteiger partial charge in [-0.25, -0.2) is 0 Å². The zero-order valence-corrected chi connectivity index (χ0v) is 16.2. The van der Waals surface area contributed by atoms with Crippen LogP contribution in [0.3, 0.4) is 0 Å². The highest BCUT2D eigenvalue weighted by atomic mass is 16.6. The summed E-state index contributed by atoms with van der Waals surface area (Å²) < 4.78 is 4.98. The third-order valence-electron chi connectivity index (χ3n) is 8.49. The molecule has 3 fully saturated rings. The number of rotatable bonds is 1. The second-order valence-corrected chi connectivity index (χ2v) is 9.56. The lowest BCUT2D eigenvalue weighted by molar-refractivity contribution is -0.165. The number of esters is 2. The Morgan fingerprint density at radius 3 is 2.54 bits per heavy atom. The minimum absolute atomic E-state index is 0.0459. The molecule has 0 radical (unpaired) electrons. The molecule has 4 rings (SSSR count). The summed E-state index contributed by atoms with van der Waals surface area (Å²) in [7, 11) is 0. The number of fused-ring (bicyclic) bond motifs is 5. The van der Waals surface area contributed by atoms with E-state index in [1.54, 1.807) is 0 Å². The molecule has 0 heterocycles. The van der Waals surface area contributed by atoms with Gasteiger partial charge in [-0.05, 0) is 79.6 Å². The average Bonchev–Trinajstić information content (AvgIpc) is 2.92. The highest BCUT2D eigenvalue weighted by Crippen LogP contribution is 2.66. The fourth-order valence-corrected chi connectivity index (χ4v) is 7.16. The van der Waals surface area contributed by atoms with Gasteiger partial charge in [0.25, 0.3) is 0 Å². The number of allylic oxidation sites excluding steroid dienone is 1. The van der Waals surface area contributed by atoms with Gasteiger partial charge in [0, 0.05) is 13.3 Å². The van der Waals surface area contributed by atoms with Gasteiger partial charge in [0.2, 0.25) is 0 Å². The van der Waals surface area contributed by atoms with Crippen LogP contribution in [0, 0.1) is 34.5 Å². The summed E-state index contributed by atoms with van der Waals surface area (Å²) in [6.07, 6.45) is 9.80. The molecule has 0 unspecified atom stereocenters. The zero-order chi connectivity index (χ0) is 18.7. The number of ether oxygens (including phenoxy) is 1. The Balaban J connectivity index is 1.60. The summed E-state index contributed by atoms with van der Waals surface area (Å²) in [6, 6.07) is 0. The molecular formula is C22H30O4. The van der Waals surface area contributed by atoms with Crippen LogP contribution in [0.4, 0.5) is 0 Å². The fourth-order valence-electron chi connectivity index (χ4n) is 7.16. The summed E-state index contributed by atoms with van der Waals surface area (Å²) in [5.74, 6) is 1.12. The molecule has 4 nitrogen and oxygen atoms in total. The van der Waals surface area contributed by atoms with Crippen LogP contribution in [-0.2, 0) is 19.1 Å². The third-order valence-corrected chi connectivity index (χ3v) is 8.49. The van der Waals surface area contributed by atoms with Gasteiger partial charge in [0.1, 0.15) is 0 Å². The lowest BCUT2D eigenvalue weighted by Gasteiger charge is -2.57. The van der Waals surface area contributed by atoms with Crippen LogP contribution in [0.2, 0.25) is 0 Å². The quantitative estimate of drug-likeness (QED) is 0.520. The molecule has 3 saturated carbocycles. The Morgan fingerprint density at radius 2 is 1.81 bits per heavy atom. The van der Waals surface area contributed by atoms with Crippen LogP contribution in [0.25, 0.3) is 0 Å². The van der Waals surface area contributed by atoms with E-state index in [1.807, 2.05) is 6.08 Å². The summed E-state index contributed by atoms with van der Waals surface area (Å²) >= 11 is 0. The lowest BCUT2D eigenvalue weighted by Crippen LogP contribution is -2.51. The van der Waals surface area contributed by atoms with Gasteiger partial charge in [0.15, 0.2) is 5.78 Å². The summed E-state index contributed by atoms with van der Waals surface area (Å²) in [6.45, 7) is 5.94. The van der Waals surface area contributed by atoms with Gasteiger partial charge in [-0.3, -0.25) is 14.4 Å². The van der Waals surface area contributed by atoms with E-state index in [9.17, 15) is 14.4 Å². The van der Waals surface area contributed by atoms with E-state index in [0.29, 0.717) is 30.0 Å². The Labute approximate surface area is 155 Å². The molecule has 0 aromatic rings. The number of hydrogen-bond acceptors (Lipinski definition) is 4. The minimum atomic E-state index is -0.498. The van der Waals surface area contributed by atoms with Gasteiger partial charge in [-0.15, -0.1) is 0 Å². The van der Waals surface area contributed by atoms with Crippen LogP contribution in [0.1, 0.15) is 72.1 Å². The van der Waals surface area contributed by atoms with Crippen molar-refractivity contribution in [1.82, 2.24) is 0 Å². The first-order valence-electron chi connectivity index (χ1n) is 10.2. The average molecular weight is 358 g/mol. The predicted molar refractivity (Wildman–Crippen MR) is 97.0 cm³/mol. The smallest absolute Gasteiger partial charge is 0.317 e.